The Morgan fingerprint density at radius 2 is 2.21 bits per heavy atom. The molecule has 0 spiro atoms. The number of pyridine rings is 1. The largest absolute Gasteiger partial charge is 0.504 e. The van der Waals surface area contributed by atoms with Gasteiger partial charge in [-0.25, -0.2) is 9.78 Å². The summed E-state index contributed by atoms with van der Waals surface area (Å²) in [5.74, 6) is -0.620. The molecule has 1 aromatic rings. The van der Waals surface area contributed by atoms with E-state index in [-0.39, 0.29) is 29.0 Å². The van der Waals surface area contributed by atoms with E-state index < -0.39 is 5.97 Å². The normalized spacial score (nSPS) is 15.7. The number of aromatic hydroxyl groups is 1. The van der Waals surface area contributed by atoms with Gasteiger partial charge in [-0.2, -0.15) is 0 Å². The maximum absolute atomic E-state index is 11.9. The second kappa shape index (κ2) is 5.26. The van der Waals surface area contributed by atoms with Crippen LogP contribution in [0.3, 0.4) is 0 Å². The summed E-state index contributed by atoms with van der Waals surface area (Å²) >= 11 is 0. The van der Waals surface area contributed by atoms with E-state index in [0.29, 0.717) is 5.92 Å². The van der Waals surface area contributed by atoms with E-state index in [9.17, 15) is 14.7 Å². The van der Waals surface area contributed by atoms with Gasteiger partial charge < -0.3 is 15.2 Å². The van der Waals surface area contributed by atoms with Crippen molar-refractivity contribution in [2.45, 2.75) is 19.8 Å². The highest BCUT2D eigenvalue weighted by molar-refractivity contribution is 5.94. The first-order valence-electron chi connectivity index (χ1n) is 6.11. The number of methoxy groups -OCH3 is 1. The monoisotopic (exact) mass is 264 g/mol. The lowest BCUT2D eigenvalue weighted by Gasteiger charge is -2.11. The topological polar surface area (TPSA) is 88.5 Å². The predicted molar refractivity (Wildman–Crippen MR) is 67.8 cm³/mol. The van der Waals surface area contributed by atoms with Crippen molar-refractivity contribution in [3.63, 3.8) is 0 Å². The van der Waals surface area contributed by atoms with Crippen LogP contribution in [0.1, 0.15) is 30.1 Å². The molecule has 1 saturated carbocycles. The summed E-state index contributed by atoms with van der Waals surface area (Å²) in [6, 6.07) is 1.22. The summed E-state index contributed by atoms with van der Waals surface area (Å²) in [5.41, 5.74) is 0.133. The average molecular weight is 264 g/mol. The Kier molecular flexibility index (Phi) is 3.69. The number of hydrogen-bond donors (Lipinski definition) is 2. The number of nitrogens with one attached hydrogen (secondary N) is 1. The molecule has 102 valence electrons. The number of carbonyl (C=O) groups excluding carboxylic acids is 2. The van der Waals surface area contributed by atoms with Crippen LogP contribution in [-0.4, -0.2) is 29.1 Å². The van der Waals surface area contributed by atoms with Gasteiger partial charge >= 0.3 is 5.97 Å². The number of aromatic nitrogens is 1. The van der Waals surface area contributed by atoms with Crippen LogP contribution >= 0.6 is 0 Å². The first-order chi connectivity index (χ1) is 9.02. The molecule has 0 aromatic carbocycles. The molecule has 1 heterocycles. The van der Waals surface area contributed by atoms with Crippen molar-refractivity contribution >= 4 is 17.7 Å². The van der Waals surface area contributed by atoms with E-state index in [4.69, 9.17) is 0 Å². The number of hydrogen-bond acceptors (Lipinski definition) is 5. The first-order valence-corrected chi connectivity index (χ1v) is 6.11. The second-order valence-electron chi connectivity index (χ2n) is 4.70. The van der Waals surface area contributed by atoms with Crippen LogP contribution in [0.2, 0.25) is 0 Å². The highest BCUT2D eigenvalue weighted by Gasteiger charge is 2.33. The third-order valence-corrected chi connectivity index (χ3v) is 3.27. The molecule has 1 aromatic heterocycles. The van der Waals surface area contributed by atoms with E-state index in [1.807, 2.05) is 6.92 Å². The van der Waals surface area contributed by atoms with Crippen molar-refractivity contribution in [2.75, 3.05) is 12.4 Å². The van der Waals surface area contributed by atoms with Crippen molar-refractivity contribution in [1.82, 2.24) is 4.98 Å². The highest BCUT2D eigenvalue weighted by Crippen LogP contribution is 2.37. The molecule has 6 heteroatoms. The molecule has 2 N–H and O–H groups in total. The molecule has 1 unspecified atom stereocenters. The molecule has 19 heavy (non-hydrogen) atoms. The third kappa shape index (κ3) is 3.01. The van der Waals surface area contributed by atoms with Crippen LogP contribution in [0.15, 0.2) is 12.3 Å². The zero-order valence-corrected chi connectivity index (χ0v) is 10.8. The third-order valence-electron chi connectivity index (χ3n) is 3.27. The predicted octanol–water partition coefficient (Wildman–Crippen LogP) is 1.56. The van der Waals surface area contributed by atoms with Crippen LogP contribution in [0.4, 0.5) is 5.82 Å². The number of anilines is 1. The van der Waals surface area contributed by atoms with Crippen molar-refractivity contribution in [3.05, 3.63) is 17.8 Å². The van der Waals surface area contributed by atoms with E-state index in [0.717, 1.165) is 12.8 Å². The van der Waals surface area contributed by atoms with Gasteiger partial charge in [-0.05, 0) is 24.8 Å². The van der Waals surface area contributed by atoms with Gasteiger partial charge in [-0.3, -0.25) is 4.79 Å². The molecule has 2 rings (SSSR count). The zero-order chi connectivity index (χ0) is 14.0. The molecule has 1 amide bonds. The summed E-state index contributed by atoms with van der Waals surface area (Å²) in [5, 5.41) is 12.3. The Bertz CT molecular complexity index is 511. The molecule has 1 aliphatic carbocycles. The SMILES string of the molecule is COC(=O)c1cnc(NC(=O)C(C)C2CC2)c(O)c1. The maximum atomic E-state index is 11.9. The van der Waals surface area contributed by atoms with Gasteiger partial charge in [0, 0.05) is 12.1 Å². The minimum absolute atomic E-state index is 0.0603. The van der Waals surface area contributed by atoms with Crippen LogP contribution in [0.5, 0.6) is 5.75 Å². The lowest BCUT2D eigenvalue weighted by molar-refractivity contribution is -0.120. The Morgan fingerprint density at radius 1 is 1.53 bits per heavy atom. The summed E-state index contributed by atoms with van der Waals surface area (Å²) in [6.07, 6.45) is 3.38. The molecular weight excluding hydrogens is 248 g/mol. The van der Waals surface area contributed by atoms with Crippen LogP contribution in [0.25, 0.3) is 0 Å². The number of ether oxygens (including phenoxy) is 1. The summed E-state index contributed by atoms with van der Waals surface area (Å²) in [6.45, 7) is 1.85. The fourth-order valence-corrected chi connectivity index (χ4v) is 1.82. The van der Waals surface area contributed by atoms with Crippen LogP contribution < -0.4 is 5.32 Å². The number of esters is 1. The van der Waals surface area contributed by atoms with E-state index >= 15 is 0 Å². The van der Waals surface area contributed by atoms with Crippen molar-refractivity contribution in [3.8, 4) is 5.75 Å². The minimum atomic E-state index is -0.591. The average Bonchev–Trinajstić information content (AvgIpc) is 3.23. The first kappa shape index (κ1) is 13.3. The van der Waals surface area contributed by atoms with Crippen molar-refractivity contribution in [1.29, 1.82) is 0 Å². The molecule has 0 radical (unpaired) electrons. The van der Waals surface area contributed by atoms with E-state index in [1.54, 1.807) is 0 Å². The molecule has 0 bridgehead atoms. The zero-order valence-electron chi connectivity index (χ0n) is 10.8. The summed E-state index contributed by atoms with van der Waals surface area (Å²) in [4.78, 5) is 27.0. The maximum Gasteiger partial charge on any atom is 0.339 e. The van der Waals surface area contributed by atoms with Gasteiger partial charge in [-0.1, -0.05) is 6.92 Å². The Hall–Kier alpha value is -2.11. The number of nitrogens with zero attached hydrogens (tertiary/aromatic N) is 1. The van der Waals surface area contributed by atoms with E-state index in [1.165, 1.54) is 19.4 Å². The Labute approximate surface area is 110 Å². The molecular formula is C13H16N2O4. The summed E-state index contributed by atoms with van der Waals surface area (Å²) < 4.78 is 4.51. The van der Waals surface area contributed by atoms with Crippen LogP contribution in [0, 0.1) is 11.8 Å². The smallest absolute Gasteiger partial charge is 0.339 e. The van der Waals surface area contributed by atoms with Gasteiger partial charge in [0.25, 0.3) is 0 Å². The number of amides is 1. The van der Waals surface area contributed by atoms with Gasteiger partial charge in [0.15, 0.2) is 11.6 Å². The Morgan fingerprint density at radius 3 is 2.74 bits per heavy atom. The van der Waals surface area contributed by atoms with Gasteiger partial charge in [-0.15, -0.1) is 0 Å². The summed E-state index contributed by atoms with van der Waals surface area (Å²) in [7, 11) is 1.24. The molecule has 0 saturated heterocycles. The lowest BCUT2D eigenvalue weighted by atomic mass is 10.1. The molecule has 0 aliphatic heterocycles. The van der Waals surface area contributed by atoms with Crippen LogP contribution in [-0.2, 0) is 9.53 Å². The van der Waals surface area contributed by atoms with E-state index in [2.05, 4.69) is 15.0 Å². The molecule has 1 fully saturated rings. The molecule has 1 aliphatic rings. The standard InChI is InChI=1S/C13H16N2O4/c1-7(8-3-4-8)12(17)15-11-10(16)5-9(6-14-11)13(18)19-2/h5-8,16H,3-4H2,1-2H3,(H,14,15,17). The highest BCUT2D eigenvalue weighted by atomic mass is 16.5. The number of carbonyl (C=O) groups is 2. The number of rotatable bonds is 4. The van der Waals surface area contributed by atoms with Gasteiger partial charge in [0.05, 0.1) is 12.7 Å². The Balaban J connectivity index is 2.08. The fraction of sp³-hybridized carbons (Fsp3) is 0.462. The molecule has 6 nitrogen and oxygen atoms in total. The van der Waals surface area contributed by atoms with Gasteiger partial charge in [0.1, 0.15) is 0 Å². The van der Waals surface area contributed by atoms with Crippen molar-refractivity contribution < 1.29 is 19.4 Å². The quantitative estimate of drug-likeness (QED) is 0.806. The van der Waals surface area contributed by atoms with Gasteiger partial charge in [0.2, 0.25) is 5.91 Å². The molecule has 1 atom stereocenters. The second-order valence-corrected chi connectivity index (χ2v) is 4.70. The van der Waals surface area contributed by atoms with Crippen molar-refractivity contribution in [2.24, 2.45) is 11.8 Å². The minimum Gasteiger partial charge on any atom is -0.504 e. The fourth-order valence-electron chi connectivity index (χ4n) is 1.82. The lowest BCUT2D eigenvalue weighted by Crippen LogP contribution is -2.22.